The molecule has 0 saturated carbocycles. The molecule has 12 nitrogen and oxygen atoms in total. The summed E-state index contributed by atoms with van der Waals surface area (Å²) in [6, 6.07) is 14.9. The molecule has 15 heteroatoms. The molecule has 57 heavy (non-hydrogen) atoms. The monoisotopic (exact) mass is 813 g/mol. The van der Waals surface area contributed by atoms with Crippen LogP contribution < -0.4 is 15.0 Å². The number of nitrogens with zero attached hydrogens (tertiary/aromatic N) is 8. The first-order valence-electron chi connectivity index (χ1n) is 19.6. The normalized spacial score (nSPS) is 13.8. The van der Waals surface area contributed by atoms with Crippen LogP contribution >= 0.6 is 22.7 Å². The van der Waals surface area contributed by atoms with Crippen LogP contribution in [0.15, 0.2) is 48.5 Å². The summed E-state index contributed by atoms with van der Waals surface area (Å²) in [5.41, 5.74) is 2.36. The predicted octanol–water partition coefficient (Wildman–Crippen LogP) is 8.39. The van der Waals surface area contributed by atoms with Crippen LogP contribution in [0.1, 0.15) is 78.9 Å². The second-order valence-electron chi connectivity index (χ2n) is 14.5. The molecule has 0 aliphatic carbocycles. The molecule has 0 amide bonds. The lowest BCUT2D eigenvalue weighted by molar-refractivity contribution is -0.0661. The Bertz CT molecular complexity index is 2140. The highest BCUT2D eigenvalue weighted by atomic mass is 32.1. The fourth-order valence-electron chi connectivity index (χ4n) is 6.88. The molecule has 1 atom stereocenters. The number of carboxylic acids is 1. The number of ether oxygens (including phenoxy) is 1. The van der Waals surface area contributed by atoms with Crippen LogP contribution in [-0.2, 0) is 6.42 Å². The number of aryl methyl sites for hydroxylation is 2. The standard InChI is InChI=1S/C42H52FN9O3S2/c1-6-52(50-23-10-7-11-24-50)30(3)15-12-25-51(37-27-29(2)39(48-47-37)46-41-44-33-17-8-9-18-35(33)56-41)42-45-38(40(53)54)36(57-42)19-14-26-55-34-21-20-31(28-32(34)43)16-13-22-49(4)5/h8-9,17-18,20-21,27-28,30H,6-7,10-12,14-15,19,22-26H2,1-5H3,(H,53,54)(H,44,46,48). The number of benzene rings is 2. The Morgan fingerprint density at radius 3 is 2.60 bits per heavy atom. The molecule has 0 spiro atoms. The lowest BCUT2D eigenvalue weighted by atomic mass is 10.1. The molecule has 0 radical (unpaired) electrons. The van der Waals surface area contributed by atoms with Crippen molar-refractivity contribution in [1.82, 2.24) is 35.1 Å². The van der Waals surface area contributed by atoms with Crippen molar-refractivity contribution in [3.63, 3.8) is 0 Å². The van der Waals surface area contributed by atoms with E-state index in [1.165, 1.54) is 36.7 Å². The van der Waals surface area contributed by atoms with Gasteiger partial charge in [-0.15, -0.1) is 21.5 Å². The maximum absolute atomic E-state index is 14.8. The van der Waals surface area contributed by atoms with E-state index < -0.39 is 11.8 Å². The Morgan fingerprint density at radius 2 is 1.88 bits per heavy atom. The Balaban J connectivity index is 1.18. The topological polar surface area (TPSA) is 123 Å². The molecule has 4 heterocycles. The van der Waals surface area contributed by atoms with Crippen molar-refractivity contribution in [2.45, 2.75) is 71.8 Å². The number of anilines is 4. The minimum atomic E-state index is -1.10. The number of piperidine rings is 1. The Kier molecular flexibility index (Phi) is 14.8. The molecule has 302 valence electrons. The first-order chi connectivity index (χ1) is 27.6. The lowest BCUT2D eigenvalue weighted by Gasteiger charge is -2.40. The molecule has 6 rings (SSSR count). The maximum Gasteiger partial charge on any atom is 0.355 e. The van der Waals surface area contributed by atoms with Crippen molar-refractivity contribution in [2.24, 2.45) is 0 Å². The molecule has 0 bridgehead atoms. The first kappa shape index (κ1) is 41.9. The highest BCUT2D eigenvalue weighted by molar-refractivity contribution is 7.22. The number of hydrogen-bond acceptors (Lipinski definition) is 13. The molecule has 2 N–H and O–H groups in total. The van der Waals surface area contributed by atoms with Crippen molar-refractivity contribution in [2.75, 3.05) is 63.6 Å². The predicted molar refractivity (Wildman–Crippen MR) is 228 cm³/mol. The van der Waals surface area contributed by atoms with Gasteiger partial charge in [0.05, 0.1) is 23.4 Å². The number of aromatic carboxylic acids is 1. The van der Waals surface area contributed by atoms with E-state index in [0.29, 0.717) is 59.2 Å². The molecule has 1 fully saturated rings. The van der Waals surface area contributed by atoms with Crippen molar-refractivity contribution in [3.8, 4) is 17.6 Å². The summed E-state index contributed by atoms with van der Waals surface area (Å²) >= 11 is 2.88. The van der Waals surface area contributed by atoms with Crippen molar-refractivity contribution >= 4 is 60.8 Å². The van der Waals surface area contributed by atoms with Crippen molar-refractivity contribution in [1.29, 1.82) is 0 Å². The zero-order valence-corrected chi connectivity index (χ0v) is 35.1. The van der Waals surface area contributed by atoms with E-state index in [1.54, 1.807) is 23.5 Å². The minimum absolute atomic E-state index is 0.00117. The van der Waals surface area contributed by atoms with E-state index in [2.05, 4.69) is 61.2 Å². The van der Waals surface area contributed by atoms with Gasteiger partial charge in [0, 0.05) is 42.7 Å². The van der Waals surface area contributed by atoms with Crippen LogP contribution in [0.5, 0.6) is 5.75 Å². The third kappa shape index (κ3) is 11.2. The number of carboxylic acid groups (broad SMARTS) is 1. The smallest absolute Gasteiger partial charge is 0.355 e. The average molecular weight is 814 g/mol. The quantitative estimate of drug-likeness (QED) is 0.0653. The third-order valence-corrected chi connectivity index (χ3v) is 11.9. The largest absolute Gasteiger partial charge is 0.491 e. The molecular weight excluding hydrogens is 762 g/mol. The van der Waals surface area contributed by atoms with Crippen LogP contribution in [0.3, 0.4) is 0 Å². The van der Waals surface area contributed by atoms with Gasteiger partial charge in [0.15, 0.2) is 39.2 Å². The van der Waals surface area contributed by atoms with E-state index in [-0.39, 0.29) is 18.1 Å². The summed E-state index contributed by atoms with van der Waals surface area (Å²) < 4.78 is 21.7. The zero-order chi connectivity index (χ0) is 40.3. The number of nitrogens with one attached hydrogen (secondary N) is 1. The van der Waals surface area contributed by atoms with E-state index in [4.69, 9.17) is 4.74 Å². The Morgan fingerprint density at radius 1 is 1.07 bits per heavy atom. The number of rotatable bonds is 18. The number of carbonyl (C=O) groups is 1. The van der Waals surface area contributed by atoms with Gasteiger partial charge in [-0.05, 0) is 108 Å². The highest BCUT2D eigenvalue weighted by Gasteiger charge is 2.25. The van der Waals surface area contributed by atoms with Crippen molar-refractivity contribution in [3.05, 3.63) is 76.0 Å². The van der Waals surface area contributed by atoms with E-state index in [0.717, 1.165) is 53.4 Å². The van der Waals surface area contributed by atoms with E-state index in [9.17, 15) is 14.3 Å². The van der Waals surface area contributed by atoms with Crippen LogP contribution in [0.4, 0.5) is 26.3 Å². The highest BCUT2D eigenvalue weighted by Crippen LogP contribution is 2.35. The van der Waals surface area contributed by atoms with Crippen LogP contribution in [0.2, 0.25) is 0 Å². The second kappa shape index (κ2) is 20.1. The number of fused-ring (bicyclic) bond motifs is 1. The average Bonchev–Trinajstić information content (AvgIpc) is 3.81. The number of hydrazine groups is 1. The van der Waals surface area contributed by atoms with Gasteiger partial charge < -0.3 is 20.1 Å². The fourth-order valence-corrected chi connectivity index (χ4v) is 8.87. The number of aromatic nitrogens is 4. The van der Waals surface area contributed by atoms with E-state index in [1.807, 2.05) is 61.2 Å². The maximum atomic E-state index is 14.8. The molecule has 2 aromatic carbocycles. The van der Waals surface area contributed by atoms with Crippen molar-refractivity contribution < 1.29 is 19.0 Å². The van der Waals surface area contributed by atoms with Crippen LogP contribution in [0.25, 0.3) is 10.2 Å². The van der Waals surface area contributed by atoms with Gasteiger partial charge >= 0.3 is 5.97 Å². The summed E-state index contributed by atoms with van der Waals surface area (Å²) in [6.45, 7) is 10.9. The minimum Gasteiger partial charge on any atom is -0.491 e. The van der Waals surface area contributed by atoms with Gasteiger partial charge in [0.1, 0.15) is 0 Å². The first-order valence-corrected chi connectivity index (χ1v) is 21.3. The van der Waals surface area contributed by atoms with E-state index >= 15 is 0 Å². The third-order valence-electron chi connectivity index (χ3n) is 9.78. The fraction of sp³-hybridized carbons (Fsp3) is 0.452. The van der Waals surface area contributed by atoms with Gasteiger partial charge in [-0.2, -0.15) is 0 Å². The van der Waals surface area contributed by atoms with Crippen LogP contribution in [-0.4, -0.2) is 106 Å². The molecule has 3 aromatic heterocycles. The SMILES string of the molecule is CCN(C(C)CCCN(c1cc(C)c(Nc2nc3ccccc3s2)nn1)c1nc(C(=O)O)c(CCCOc2ccc(C#CCN(C)C)cc2F)s1)N1CCCCC1. The number of thiazole rings is 2. The van der Waals surface area contributed by atoms with Gasteiger partial charge in [-0.1, -0.05) is 48.7 Å². The Hall–Kier alpha value is -4.72. The lowest BCUT2D eigenvalue weighted by Crippen LogP contribution is -2.49. The zero-order valence-electron chi connectivity index (χ0n) is 33.4. The molecule has 1 unspecified atom stereocenters. The Labute approximate surface area is 342 Å². The van der Waals surface area contributed by atoms with Gasteiger partial charge in [0.25, 0.3) is 0 Å². The molecule has 1 aliphatic heterocycles. The molecule has 5 aromatic rings. The number of halogens is 1. The summed E-state index contributed by atoms with van der Waals surface area (Å²) in [6.07, 6.45) is 6.37. The summed E-state index contributed by atoms with van der Waals surface area (Å²) in [5.74, 6) is 5.70. The second-order valence-corrected chi connectivity index (χ2v) is 16.6. The van der Waals surface area contributed by atoms with Crippen LogP contribution in [0, 0.1) is 24.6 Å². The summed E-state index contributed by atoms with van der Waals surface area (Å²) in [5, 5.41) is 29.0. The number of hydrogen-bond donors (Lipinski definition) is 2. The summed E-state index contributed by atoms with van der Waals surface area (Å²) in [4.78, 5) is 26.4. The van der Waals surface area contributed by atoms with Gasteiger partial charge in [0.2, 0.25) is 0 Å². The molecule has 1 saturated heterocycles. The molecule has 1 aliphatic rings. The summed E-state index contributed by atoms with van der Waals surface area (Å²) in [7, 11) is 3.85. The number of para-hydroxylation sites is 1. The van der Waals surface area contributed by atoms with Gasteiger partial charge in [-0.3, -0.25) is 4.90 Å². The molecular formula is C42H52FN9O3S2. The van der Waals surface area contributed by atoms with Gasteiger partial charge in [-0.25, -0.2) is 29.2 Å².